The van der Waals surface area contributed by atoms with Crippen LogP contribution in [0.2, 0.25) is 0 Å². The van der Waals surface area contributed by atoms with Gasteiger partial charge in [-0.3, -0.25) is 14.3 Å². The SMILES string of the molecule is CN1CCCN(C(=O)c2nn(C)cc2N)CC1=O. The van der Waals surface area contributed by atoms with Crippen LogP contribution < -0.4 is 5.73 Å². The molecule has 0 spiro atoms. The zero-order chi connectivity index (χ0) is 13.3. The molecule has 0 saturated carbocycles. The van der Waals surface area contributed by atoms with E-state index in [1.165, 1.54) is 9.58 Å². The van der Waals surface area contributed by atoms with Gasteiger partial charge in [-0.25, -0.2) is 0 Å². The molecule has 1 fully saturated rings. The molecule has 7 heteroatoms. The molecular weight excluding hydrogens is 234 g/mol. The van der Waals surface area contributed by atoms with Crippen LogP contribution in [0.3, 0.4) is 0 Å². The molecule has 0 aromatic carbocycles. The van der Waals surface area contributed by atoms with Crippen LogP contribution in [0.1, 0.15) is 16.9 Å². The molecule has 18 heavy (non-hydrogen) atoms. The highest BCUT2D eigenvalue weighted by Crippen LogP contribution is 2.13. The number of anilines is 1. The highest BCUT2D eigenvalue weighted by molar-refractivity contribution is 5.99. The Morgan fingerprint density at radius 1 is 1.39 bits per heavy atom. The first-order valence-corrected chi connectivity index (χ1v) is 5.81. The zero-order valence-corrected chi connectivity index (χ0v) is 10.6. The average Bonchev–Trinajstić information content (AvgIpc) is 2.55. The van der Waals surface area contributed by atoms with Gasteiger partial charge in [-0.15, -0.1) is 0 Å². The number of carbonyl (C=O) groups is 2. The first-order valence-electron chi connectivity index (χ1n) is 5.81. The Morgan fingerprint density at radius 2 is 2.11 bits per heavy atom. The van der Waals surface area contributed by atoms with Gasteiger partial charge in [0.2, 0.25) is 5.91 Å². The van der Waals surface area contributed by atoms with E-state index in [9.17, 15) is 9.59 Å². The van der Waals surface area contributed by atoms with Crippen LogP contribution in [-0.4, -0.2) is 58.1 Å². The van der Waals surface area contributed by atoms with E-state index in [0.29, 0.717) is 18.8 Å². The van der Waals surface area contributed by atoms with Gasteiger partial charge in [-0.1, -0.05) is 0 Å². The number of aryl methyl sites for hydroxylation is 1. The first kappa shape index (κ1) is 12.4. The fourth-order valence-corrected chi connectivity index (χ4v) is 1.98. The molecule has 0 bridgehead atoms. The predicted octanol–water partition coefficient (Wildman–Crippen LogP) is -0.693. The Labute approximate surface area is 105 Å². The summed E-state index contributed by atoms with van der Waals surface area (Å²) in [7, 11) is 3.44. The van der Waals surface area contributed by atoms with Gasteiger partial charge < -0.3 is 15.5 Å². The molecule has 0 atom stereocenters. The highest BCUT2D eigenvalue weighted by atomic mass is 16.2. The molecule has 2 amide bonds. The van der Waals surface area contributed by atoms with E-state index in [0.717, 1.165) is 6.42 Å². The molecule has 1 aromatic rings. The van der Waals surface area contributed by atoms with Gasteiger partial charge in [0.1, 0.15) is 6.54 Å². The van der Waals surface area contributed by atoms with Crippen molar-refractivity contribution < 1.29 is 9.59 Å². The third-order valence-electron chi connectivity index (χ3n) is 3.02. The van der Waals surface area contributed by atoms with E-state index >= 15 is 0 Å². The van der Waals surface area contributed by atoms with Crippen LogP contribution in [0.5, 0.6) is 0 Å². The van der Waals surface area contributed by atoms with Crippen molar-refractivity contribution in [3.8, 4) is 0 Å². The summed E-state index contributed by atoms with van der Waals surface area (Å²) in [4.78, 5) is 27.1. The Bertz CT molecular complexity index is 482. The van der Waals surface area contributed by atoms with Crippen molar-refractivity contribution in [1.29, 1.82) is 0 Å². The highest BCUT2D eigenvalue weighted by Gasteiger charge is 2.26. The second kappa shape index (κ2) is 4.67. The molecule has 2 N–H and O–H groups in total. The van der Waals surface area contributed by atoms with E-state index in [4.69, 9.17) is 5.73 Å². The Balaban J connectivity index is 2.18. The molecule has 0 aliphatic carbocycles. The smallest absolute Gasteiger partial charge is 0.276 e. The van der Waals surface area contributed by atoms with Crippen LogP contribution >= 0.6 is 0 Å². The summed E-state index contributed by atoms with van der Waals surface area (Å²) >= 11 is 0. The van der Waals surface area contributed by atoms with Crippen molar-refractivity contribution in [1.82, 2.24) is 19.6 Å². The van der Waals surface area contributed by atoms with Crippen LogP contribution in [0.4, 0.5) is 5.69 Å². The Kier molecular flexibility index (Phi) is 3.22. The second-order valence-corrected chi connectivity index (χ2v) is 4.50. The Hall–Kier alpha value is -2.05. The standard InChI is InChI=1S/C11H17N5O2/c1-14-4-3-5-16(7-9(14)17)11(18)10-8(12)6-15(2)13-10/h6H,3-5,7,12H2,1-2H3. The first-order chi connectivity index (χ1) is 8.49. The summed E-state index contributed by atoms with van der Waals surface area (Å²) in [6.07, 6.45) is 2.35. The van der Waals surface area contributed by atoms with E-state index < -0.39 is 0 Å². The van der Waals surface area contributed by atoms with E-state index in [2.05, 4.69) is 5.10 Å². The number of nitrogens with two attached hydrogens (primary N) is 1. The van der Waals surface area contributed by atoms with Crippen LogP contribution in [0, 0.1) is 0 Å². The number of likely N-dealkylation sites (N-methyl/N-ethyl adjacent to an activating group) is 1. The minimum atomic E-state index is -0.281. The maximum atomic E-state index is 12.2. The molecule has 1 aromatic heterocycles. The van der Waals surface area contributed by atoms with Gasteiger partial charge in [0, 0.05) is 33.4 Å². The fourth-order valence-electron chi connectivity index (χ4n) is 1.98. The normalized spacial score (nSPS) is 16.9. The van der Waals surface area contributed by atoms with Gasteiger partial charge in [0.05, 0.1) is 5.69 Å². The number of hydrogen-bond acceptors (Lipinski definition) is 4. The topological polar surface area (TPSA) is 84.5 Å². The van der Waals surface area contributed by atoms with Crippen LogP contribution in [0.25, 0.3) is 0 Å². The lowest BCUT2D eigenvalue weighted by atomic mass is 10.3. The third kappa shape index (κ3) is 2.29. The summed E-state index contributed by atoms with van der Waals surface area (Å²) in [5, 5.41) is 4.04. The minimum Gasteiger partial charge on any atom is -0.396 e. The van der Waals surface area contributed by atoms with Crippen molar-refractivity contribution in [3.05, 3.63) is 11.9 Å². The van der Waals surface area contributed by atoms with Crippen molar-refractivity contribution >= 4 is 17.5 Å². The molecule has 98 valence electrons. The zero-order valence-electron chi connectivity index (χ0n) is 10.6. The number of hydrogen-bond donors (Lipinski definition) is 1. The number of carbonyl (C=O) groups excluding carboxylic acids is 2. The summed E-state index contributed by atoms with van der Waals surface area (Å²) in [5.41, 5.74) is 6.28. The van der Waals surface area contributed by atoms with Gasteiger partial charge in [-0.05, 0) is 6.42 Å². The third-order valence-corrected chi connectivity index (χ3v) is 3.02. The lowest BCUT2D eigenvalue weighted by Crippen LogP contribution is -2.38. The quantitative estimate of drug-likeness (QED) is 0.715. The van der Waals surface area contributed by atoms with E-state index in [1.54, 1.807) is 25.2 Å². The van der Waals surface area contributed by atoms with E-state index in [-0.39, 0.29) is 24.1 Å². The summed E-state index contributed by atoms with van der Waals surface area (Å²) in [5.74, 6) is -0.341. The van der Waals surface area contributed by atoms with E-state index in [1.807, 2.05) is 0 Å². The average molecular weight is 251 g/mol. The summed E-state index contributed by atoms with van der Waals surface area (Å²) < 4.78 is 1.49. The molecule has 0 radical (unpaired) electrons. The number of aromatic nitrogens is 2. The number of amides is 2. The minimum absolute atomic E-state index is 0.0599. The molecule has 7 nitrogen and oxygen atoms in total. The number of nitrogens with zero attached hydrogens (tertiary/aromatic N) is 4. The number of rotatable bonds is 1. The lowest BCUT2D eigenvalue weighted by molar-refractivity contribution is -0.129. The lowest BCUT2D eigenvalue weighted by Gasteiger charge is -2.18. The molecular formula is C11H17N5O2. The largest absolute Gasteiger partial charge is 0.396 e. The molecule has 1 aliphatic rings. The maximum absolute atomic E-state index is 12.2. The number of nitrogen functional groups attached to an aromatic ring is 1. The van der Waals surface area contributed by atoms with Gasteiger partial charge in [0.15, 0.2) is 5.69 Å². The fraction of sp³-hybridized carbons (Fsp3) is 0.545. The van der Waals surface area contributed by atoms with Crippen LogP contribution in [-0.2, 0) is 11.8 Å². The maximum Gasteiger partial charge on any atom is 0.276 e. The summed E-state index contributed by atoms with van der Waals surface area (Å²) in [6.45, 7) is 1.30. The van der Waals surface area contributed by atoms with Gasteiger partial charge in [-0.2, -0.15) is 5.10 Å². The molecule has 1 saturated heterocycles. The predicted molar refractivity (Wildman–Crippen MR) is 65.8 cm³/mol. The van der Waals surface area contributed by atoms with Crippen molar-refractivity contribution in [3.63, 3.8) is 0 Å². The van der Waals surface area contributed by atoms with Crippen molar-refractivity contribution in [2.75, 3.05) is 32.4 Å². The molecule has 2 rings (SSSR count). The monoisotopic (exact) mass is 251 g/mol. The molecule has 0 unspecified atom stereocenters. The summed E-state index contributed by atoms with van der Waals surface area (Å²) in [6, 6.07) is 0. The van der Waals surface area contributed by atoms with Gasteiger partial charge >= 0.3 is 0 Å². The Morgan fingerprint density at radius 3 is 2.72 bits per heavy atom. The van der Waals surface area contributed by atoms with Crippen LogP contribution in [0.15, 0.2) is 6.20 Å². The second-order valence-electron chi connectivity index (χ2n) is 4.50. The van der Waals surface area contributed by atoms with Gasteiger partial charge in [0.25, 0.3) is 5.91 Å². The molecule has 1 aliphatic heterocycles. The molecule has 2 heterocycles. The van der Waals surface area contributed by atoms with Crippen molar-refractivity contribution in [2.24, 2.45) is 7.05 Å². The van der Waals surface area contributed by atoms with Crippen molar-refractivity contribution in [2.45, 2.75) is 6.42 Å².